The summed E-state index contributed by atoms with van der Waals surface area (Å²) in [5.74, 6) is -1.33. The van der Waals surface area contributed by atoms with Gasteiger partial charge in [0.05, 0.1) is 6.42 Å². The monoisotopic (exact) mass is 210 g/mol. The number of carboxylic acid groups (broad SMARTS) is 1. The van der Waals surface area contributed by atoms with E-state index in [1.807, 2.05) is 20.8 Å². The van der Waals surface area contributed by atoms with Gasteiger partial charge in [0.25, 0.3) is 0 Å². The minimum absolute atomic E-state index is 0.135. The first-order chi connectivity index (χ1) is 6.80. The fourth-order valence-corrected chi connectivity index (χ4v) is 1.60. The van der Waals surface area contributed by atoms with E-state index in [-0.39, 0.29) is 17.7 Å². The van der Waals surface area contributed by atoms with Crippen LogP contribution >= 0.6 is 0 Å². The summed E-state index contributed by atoms with van der Waals surface area (Å²) in [5, 5.41) is 8.73. The lowest BCUT2D eigenvalue weighted by molar-refractivity contribution is -0.136. The first kappa shape index (κ1) is 11.7. The molecular weight excluding hydrogens is 195 g/mol. The Kier molecular flexibility index (Phi) is 3.12. The molecule has 1 rings (SSSR count). The van der Waals surface area contributed by atoms with Gasteiger partial charge in [0.2, 0.25) is 0 Å². The highest BCUT2D eigenvalue weighted by molar-refractivity contribution is 5.71. The second-order valence-corrected chi connectivity index (χ2v) is 4.62. The summed E-state index contributed by atoms with van der Waals surface area (Å²) in [6, 6.07) is 4.33. The van der Waals surface area contributed by atoms with Crippen molar-refractivity contribution in [3.8, 4) is 0 Å². The fourth-order valence-electron chi connectivity index (χ4n) is 1.60. The molecule has 0 fully saturated rings. The van der Waals surface area contributed by atoms with Crippen LogP contribution in [0.3, 0.4) is 0 Å². The lowest BCUT2D eigenvalue weighted by atomic mass is 9.83. The van der Waals surface area contributed by atoms with Crippen molar-refractivity contribution in [1.29, 1.82) is 0 Å². The third kappa shape index (κ3) is 3.05. The molecule has 0 bridgehead atoms. The summed E-state index contributed by atoms with van der Waals surface area (Å²) in [4.78, 5) is 10.6. The predicted molar refractivity (Wildman–Crippen MR) is 56.4 cm³/mol. The van der Waals surface area contributed by atoms with Crippen LogP contribution in [-0.4, -0.2) is 11.1 Å². The second-order valence-electron chi connectivity index (χ2n) is 4.62. The normalized spacial score (nSPS) is 11.5. The number of rotatable bonds is 2. The smallest absolute Gasteiger partial charge is 0.307 e. The molecule has 3 heteroatoms. The molecule has 0 heterocycles. The second kappa shape index (κ2) is 4.01. The predicted octanol–water partition coefficient (Wildman–Crippen LogP) is 2.75. The molecule has 1 aromatic carbocycles. The summed E-state index contributed by atoms with van der Waals surface area (Å²) in [7, 11) is 0. The standard InChI is InChI=1S/C12H15FO2/c1-12(2,3)10-5-4-9(13)6-8(10)7-11(14)15/h4-6H,7H2,1-3H3,(H,14,15). The summed E-state index contributed by atoms with van der Waals surface area (Å²) in [6.45, 7) is 5.93. The molecule has 1 aromatic rings. The molecular formula is C12H15FO2. The van der Waals surface area contributed by atoms with Crippen LogP contribution < -0.4 is 0 Å². The number of carbonyl (C=O) groups is 1. The first-order valence-corrected chi connectivity index (χ1v) is 4.81. The lowest BCUT2D eigenvalue weighted by Crippen LogP contribution is -2.16. The van der Waals surface area contributed by atoms with Crippen LogP contribution in [0.2, 0.25) is 0 Å². The first-order valence-electron chi connectivity index (χ1n) is 4.81. The van der Waals surface area contributed by atoms with Crippen molar-refractivity contribution in [3.63, 3.8) is 0 Å². The largest absolute Gasteiger partial charge is 0.481 e. The average molecular weight is 210 g/mol. The van der Waals surface area contributed by atoms with Crippen LogP contribution in [0.4, 0.5) is 4.39 Å². The van der Waals surface area contributed by atoms with Crippen LogP contribution in [0, 0.1) is 5.82 Å². The van der Waals surface area contributed by atoms with Crippen LogP contribution in [-0.2, 0) is 16.6 Å². The van der Waals surface area contributed by atoms with Crippen LogP contribution in [0.5, 0.6) is 0 Å². The van der Waals surface area contributed by atoms with E-state index in [0.717, 1.165) is 5.56 Å². The van der Waals surface area contributed by atoms with Gasteiger partial charge in [0, 0.05) is 0 Å². The van der Waals surface area contributed by atoms with E-state index >= 15 is 0 Å². The Bertz CT molecular complexity index is 378. The van der Waals surface area contributed by atoms with E-state index in [2.05, 4.69) is 0 Å². The van der Waals surface area contributed by atoms with Crippen LogP contribution in [0.25, 0.3) is 0 Å². The number of carboxylic acids is 1. The average Bonchev–Trinajstić information content (AvgIpc) is 1.99. The topological polar surface area (TPSA) is 37.3 Å². The Hall–Kier alpha value is -1.38. The molecule has 0 amide bonds. The molecule has 2 nitrogen and oxygen atoms in total. The van der Waals surface area contributed by atoms with E-state index in [1.165, 1.54) is 12.1 Å². The number of halogens is 1. The van der Waals surface area contributed by atoms with Crippen molar-refractivity contribution in [1.82, 2.24) is 0 Å². The van der Waals surface area contributed by atoms with Crippen molar-refractivity contribution in [2.75, 3.05) is 0 Å². The van der Waals surface area contributed by atoms with Crippen molar-refractivity contribution in [3.05, 3.63) is 35.1 Å². The summed E-state index contributed by atoms with van der Waals surface area (Å²) >= 11 is 0. The number of benzene rings is 1. The number of hydrogen-bond acceptors (Lipinski definition) is 1. The highest BCUT2D eigenvalue weighted by Crippen LogP contribution is 2.26. The van der Waals surface area contributed by atoms with Gasteiger partial charge in [-0.05, 0) is 28.7 Å². The molecule has 0 aliphatic heterocycles. The zero-order chi connectivity index (χ0) is 11.6. The van der Waals surface area contributed by atoms with Crippen molar-refractivity contribution in [2.24, 2.45) is 0 Å². The van der Waals surface area contributed by atoms with Crippen LogP contribution in [0.1, 0.15) is 31.9 Å². The molecule has 0 saturated carbocycles. The Morgan fingerprint density at radius 3 is 2.47 bits per heavy atom. The maximum absolute atomic E-state index is 13.0. The van der Waals surface area contributed by atoms with E-state index in [9.17, 15) is 9.18 Å². The van der Waals surface area contributed by atoms with Gasteiger partial charge in [0.1, 0.15) is 5.82 Å². The zero-order valence-corrected chi connectivity index (χ0v) is 9.17. The molecule has 0 radical (unpaired) electrons. The Balaban J connectivity index is 3.20. The Labute approximate surface area is 88.7 Å². The molecule has 1 N–H and O–H groups in total. The van der Waals surface area contributed by atoms with Gasteiger partial charge >= 0.3 is 5.97 Å². The van der Waals surface area contributed by atoms with Crippen molar-refractivity contribution >= 4 is 5.97 Å². The van der Waals surface area contributed by atoms with Gasteiger partial charge < -0.3 is 5.11 Å². The van der Waals surface area contributed by atoms with Gasteiger partial charge in [-0.1, -0.05) is 26.8 Å². The van der Waals surface area contributed by atoms with E-state index < -0.39 is 5.97 Å². The molecule has 0 aliphatic rings. The van der Waals surface area contributed by atoms with Gasteiger partial charge in [-0.2, -0.15) is 0 Å². The molecule has 82 valence electrons. The quantitative estimate of drug-likeness (QED) is 0.814. The maximum atomic E-state index is 13.0. The molecule has 0 unspecified atom stereocenters. The van der Waals surface area contributed by atoms with Gasteiger partial charge in [-0.15, -0.1) is 0 Å². The van der Waals surface area contributed by atoms with Crippen LogP contribution in [0.15, 0.2) is 18.2 Å². The molecule has 0 aliphatic carbocycles. The molecule has 0 atom stereocenters. The van der Waals surface area contributed by atoms with Gasteiger partial charge in [-0.25, -0.2) is 4.39 Å². The van der Waals surface area contributed by atoms with Gasteiger partial charge in [0.15, 0.2) is 0 Å². The SMILES string of the molecule is CC(C)(C)c1ccc(F)cc1CC(=O)O. The Morgan fingerprint density at radius 2 is 2.00 bits per heavy atom. The maximum Gasteiger partial charge on any atom is 0.307 e. The van der Waals surface area contributed by atoms with E-state index in [4.69, 9.17) is 5.11 Å². The number of hydrogen-bond donors (Lipinski definition) is 1. The van der Waals surface area contributed by atoms with E-state index in [1.54, 1.807) is 6.07 Å². The summed E-state index contributed by atoms with van der Waals surface area (Å²) < 4.78 is 13.0. The molecule has 15 heavy (non-hydrogen) atoms. The van der Waals surface area contributed by atoms with Crippen molar-refractivity contribution < 1.29 is 14.3 Å². The number of aliphatic carboxylic acids is 1. The molecule has 0 aromatic heterocycles. The van der Waals surface area contributed by atoms with Crippen molar-refractivity contribution in [2.45, 2.75) is 32.6 Å². The Morgan fingerprint density at radius 1 is 1.40 bits per heavy atom. The highest BCUT2D eigenvalue weighted by Gasteiger charge is 2.19. The lowest BCUT2D eigenvalue weighted by Gasteiger charge is -2.22. The minimum atomic E-state index is -0.939. The summed E-state index contributed by atoms with van der Waals surface area (Å²) in [6.07, 6.45) is -0.135. The zero-order valence-electron chi connectivity index (χ0n) is 9.17. The van der Waals surface area contributed by atoms with E-state index in [0.29, 0.717) is 5.56 Å². The summed E-state index contributed by atoms with van der Waals surface area (Å²) in [5.41, 5.74) is 1.26. The molecule has 0 saturated heterocycles. The fraction of sp³-hybridized carbons (Fsp3) is 0.417. The minimum Gasteiger partial charge on any atom is -0.481 e. The molecule has 0 spiro atoms. The third-order valence-electron chi connectivity index (χ3n) is 2.22. The highest BCUT2D eigenvalue weighted by atomic mass is 19.1. The third-order valence-corrected chi connectivity index (χ3v) is 2.22. The van der Waals surface area contributed by atoms with Gasteiger partial charge in [-0.3, -0.25) is 4.79 Å².